The van der Waals surface area contributed by atoms with E-state index in [1.807, 2.05) is 6.92 Å². The molecule has 0 bridgehead atoms. The predicted octanol–water partition coefficient (Wildman–Crippen LogP) is 3.43. The molecule has 1 aromatic carbocycles. The van der Waals surface area contributed by atoms with Crippen molar-refractivity contribution < 1.29 is 19.1 Å². The fourth-order valence-corrected chi connectivity index (χ4v) is 3.94. The fraction of sp³-hybridized carbons (Fsp3) is 0.667. The molecule has 0 aliphatic carbocycles. The molecule has 3 atom stereocenters. The third-order valence-corrected chi connectivity index (χ3v) is 5.88. The van der Waals surface area contributed by atoms with Crippen molar-refractivity contribution in [3.63, 3.8) is 0 Å². The smallest absolute Gasteiger partial charge is 0.319 e. The number of hydrogen-bond donors (Lipinski definition) is 2. The maximum atomic E-state index is 13.3. The van der Waals surface area contributed by atoms with Crippen LogP contribution in [0.3, 0.4) is 0 Å². The monoisotopic (exact) mass is 448 g/mol. The second kappa shape index (κ2) is 12.6. The number of ether oxygens (including phenoxy) is 2. The number of fused-ring (bicyclic) bond motifs is 1. The van der Waals surface area contributed by atoms with E-state index in [-0.39, 0.29) is 30.0 Å². The molecular weight excluding hydrogens is 408 g/mol. The molecule has 3 amide bonds. The molecule has 1 aliphatic rings. The first-order valence-corrected chi connectivity index (χ1v) is 11.6. The Balaban J connectivity index is 2.35. The molecule has 2 rings (SSSR count). The van der Waals surface area contributed by atoms with E-state index in [1.54, 1.807) is 37.3 Å². The standard InChI is InChI=1S/C24H40N4O4/c1-7-11-25-24(30)26-19-9-10-21-20(13-19)23(29)27(5)15-22(31-6)17(3)14-28(12-8-2)18(4)16-32-21/h9-10,13,17-18,22H,7-8,11-12,14-16H2,1-6H3,(H2,25,26,30)/t17-,18-,22+/m1/s1. The topological polar surface area (TPSA) is 83.1 Å². The number of nitrogens with zero attached hydrogens (tertiary/aromatic N) is 2. The van der Waals surface area contributed by atoms with E-state index >= 15 is 0 Å². The van der Waals surface area contributed by atoms with Crippen LogP contribution in [0, 0.1) is 5.92 Å². The van der Waals surface area contributed by atoms with Crippen LogP contribution >= 0.6 is 0 Å². The molecule has 1 aromatic rings. The third kappa shape index (κ3) is 7.10. The number of likely N-dealkylation sites (N-methyl/N-ethyl adjacent to an activating group) is 1. The molecule has 1 heterocycles. The Morgan fingerprint density at radius 1 is 1.22 bits per heavy atom. The summed E-state index contributed by atoms with van der Waals surface area (Å²) in [6.45, 7) is 11.9. The summed E-state index contributed by atoms with van der Waals surface area (Å²) in [5, 5.41) is 5.58. The number of carbonyl (C=O) groups excluding carboxylic acids is 2. The maximum absolute atomic E-state index is 13.3. The van der Waals surface area contributed by atoms with E-state index < -0.39 is 0 Å². The van der Waals surface area contributed by atoms with Crippen molar-refractivity contribution in [2.45, 2.75) is 52.7 Å². The lowest BCUT2D eigenvalue weighted by molar-refractivity contribution is 0.0108. The Hall–Kier alpha value is -2.32. The first-order chi connectivity index (χ1) is 15.3. The average molecular weight is 449 g/mol. The van der Waals surface area contributed by atoms with Gasteiger partial charge in [0.15, 0.2) is 0 Å². The first-order valence-electron chi connectivity index (χ1n) is 11.6. The van der Waals surface area contributed by atoms with Crippen LogP contribution in [0.15, 0.2) is 18.2 Å². The molecule has 0 unspecified atom stereocenters. The second-order valence-electron chi connectivity index (χ2n) is 8.68. The van der Waals surface area contributed by atoms with Gasteiger partial charge in [-0.2, -0.15) is 0 Å². The zero-order chi connectivity index (χ0) is 23.7. The molecule has 8 heteroatoms. The largest absolute Gasteiger partial charge is 0.491 e. The number of amides is 3. The van der Waals surface area contributed by atoms with Crippen LogP contribution in [0.2, 0.25) is 0 Å². The summed E-state index contributed by atoms with van der Waals surface area (Å²) in [4.78, 5) is 29.5. The SMILES string of the molecule is CCCNC(=O)Nc1ccc2c(c1)C(=O)N(C)C[C@H](OC)[C@H](C)CN(CCC)[C@H](C)CO2. The van der Waals surface area contributed by atoms with E-state index in [0.717, 1.165) is 25.9 Å². The van der Waals surface area contributed by atoms with E-state index in [0.29, 0.717) is 36.7 Å². The first kappa shape index (κ1) is 25.9. The van der Waals surface area contributed by atoms with Crippen molar-refractivity contribution in [2.24, 2.45) is 5.92 Å². The molecular formula is C24H40N4O4. The Bertz CT molecular complexity index is 758. The molecule has 180 valence electrons. The number of benzene rings is 1. The molecule has 0 saturated heterocycles. The number of methoxy groups -OCH3 is 1. The lowest BCUT2D eigenvalue weighted by Gasteiger charge is -2.35. The summed E-state index contributed by atoms with van der Waals surface area (Å²) in [5.41, 5.74) is 0.977. The van der Waals surface area contributed by atoms with Gasteiger partial charge in [0.05, 0.1) is 11.7 Å². The molecule has 0 saturated carbocycles. The maximum Gasteiger partial charge on any atom is 0.319 e. The molecule has 0 fully saturated rings. The van der Waals surface area contributed by atoms with Gasteiger partial charge in [-0.15, -0.1) is 0 Å². The lowest BCUT2D eigenvalue weighted by atomic mass is 10.0. The number of rotatable bonds is 6. The quantitative estimate of drug-likeness (QED) is 0.697. The van der Waals surface area contributed by atoms with Gasteiger partial charge in [0.25, 0.3) is 5.91 Å². The Labute approximate surface area is 192 Å². The van der Waals surface area contributed by atoms with Gasteiger partial charge < -0.3 is 25.0 Å². The minimum atomic E-state index is -0.293. The third-order valence-electron chi connectivity index (χ3n) is 5.88. The fourth-order valence-electron chi connectivity index (χ4n) is 3.94. The van der Waals surface area contributed by atoms with Crippen molar-refractivity contribution in [2.75, 3.05) is 52.3 Å². The Morgan fingerprint density at radius 2 is 1.97 bits per heavy atom. The van der Waals surface area contributed by atoms with Crippen molar-refractivity contribution >= 4 is 17.6 Å². The van der Waals surface area contributed by atoms with Crippen molar-refractivity contribution in [3.05, 3.63) is 23.8 Å². The van der Waals surface area contributed by atoms with Crippen LogP contribution in [-0.2, 0) is 4.74 Å². The number of carbonyl (C=O) groups is 2. The summed E-state index contributed by atoms with van der Waals surface area (Å²) >= 11 is 0. The minimum Gasteiger partial charge on any atom is -0.491 e. The molecule has 0 spiro atoms. The average Bonchev–Trinajstić information content (AvgIpc) is 2.78. The van der Waals surface area contributed by atoms with Crippen molar-refractivity contribution in [3.8, 4) is 5.75 Å². The highest BCUT2D eigenvalue weighted by Gasteiger charge is 2.28. The van der Waals surface area contributed by atoms with Crippen LogP contribution in [0.4, 0.5) is 10.5 Å². The van der Waals surface area contributed by atoms with Gasteiger partial charge in [0, 0.05) is 45.5 Å². The number of nitrogens with one attached hydrogen (secondary N) is 2. The molecule has 32 heavy (non-hydrogen) atoms. The molecule has 0 radical (unpaired) electrons. The van der Waals surface area contributed by atoms with Gasteiger partial charge >= 0.3 is 6.03 Å². The van der Waals surface area contributed by atoms with E-state index in [9.17, 15) is 9.59 Å². The van der Waals surface area contributed by atoms with Crippen molar-refractivity contribution in [1.29, 1.82) is 0 Å². The second-order valence-corrected chi connectivity index (χ2v) is 8.68. The molecule has 8 nitrogen and oxygen atoms in total. The normalized spacial score (nSPS) is 22.9. The van der Waals surface area contributed by atoms with Gasteiger partial charge in [-0.05, 0) is 50.4 Å². The van der Waals surface area contributed by atoms with Gasteiger partial charge in [-0.25, -0.2) is 4.79 Å². The van der Waals surface area contributed by atoms with Crippen molar-refractivity contribution in [1.82, 2.24) is 15.1 Å². The summed E-state index contributed by atoms with van der Waals surface area (Å²) in [5.74, 6) is 0.608. The zero-order valence-corrected chi connectivity index (χ0v) is 20.4. The van der Waals surface area contributed by atoms with Crippen LogP contribution in [0.5, 0.6) is 5.75 Å². The highest BCUT2D eigenvalue weighted by Crippen LogP contribution is 2.26. The van der Waals surface area contributed by atoms with Crippen LogP contribution in [0.1, 0.15) is 50.9 Å². The van der Waals surface area contributed by atoms with Gasteiger partial charge in [-0.1, -0.05) is 20.8 Å². The van der Waals surface area contributed by atoms with E-state index in [1.165, 1.54) is 0 Å². The summed E-state index contributed by atoms with van der Waals surface area (Å²) in [6, 6.07) is 5.10. The molecule has 1 aliphatic heterocycles. The zero-order valence-electron chi connectivity index (χ0n) is 20.4. The lowest BCUT2D eigenvalue weighted by Crippen LogP contribution is -2.46. The van der Waals surface area contributed by atoms with E-state index in [4.69, 9.17) is 9.47 Å². The minimum absolute atomic E-state index is 0.0829. The molecule has 2 N–H and O–H groups in total. The van der Waals surface area contributed by atoms with E-state index in [2.05, 4.69) is 36.3 Å². The highest BCUT2D eigenvalue weighted by molar-refractivity contribution is 5.99. The van der Waals surface area contributed by atoms with Gasteiger partial charge in [0.2, 0.25) is 0 Å². The Kier molecular flexibility index (Phi) is 10.3. The number of anilines is 1. The number of urea groups is 1. The Morgan fingerprint density at radius 3 is 2.62 bits per heavy atom. The van der Waals surface area contributed by atoms with Crippen LogP contribution in [0.25, 0.3) is 0 Å². The van der Waals surface area contributed by atoms with Gasteiger partial charge in [-0.3, -0.25) is 9.69 Å². The summed E-state index contributed by atoms with van der Waals surface area (Å²) in [7, 11) is 3.48. The summed E-state index contributed by atoms with van der Waals surface area (Å²) < 4.78 is 11.9. The van der Waals surface area contributed by atoms with Crippen LogP contribution < -0.4 is 15.4 Å². The predicted molar refractivity (Wildman–Crippen MR) is 127 cm³/mol. The molecule has 0 aromatic heterocycles. The summed E-state index contributed by atoms with van der Waals surface area (Å²) in [6.07, 6.45) is 1.82. The highest BCUT2D eigenvalue weighted by atomic mass is 16.5. The number of hydrogen-bond acceptors (Lipinski definition) is 5. The van der Waals surface area contributed by atoms with Gasteiger partial charge in [0.1, 0.15) is 12.4 Å². The van der Waals surface area contributed by atoms with Crippen LogP contribution in [-0.4, -0.2) is 80.8 Å².